The maximum absolute atomic E-state index is 12.5. The van der Waals surface area contributed by atoms with Crippen molar-refractivity contribution < 1.29 is 4.79 Å². The number of rotatable bonds is 2. The smallest absolute Gasteiger partial charge is 0.263 e. The predicted molar refractivity (Wildman–Crippen MR) is 78.1 cm³/mol. The molecule has 0 aromatic carbocycles. The Labute approximate surface area is 118 Å². The van der Waals surface area contributed by atoms with Gasteiger partial charge in [-0.1, -0.05) is 0 Å². The number of ketones is 1. The number of nitrogens with zero attached hydrogens (tertiary/aromatic N) is 3. The summed E-state index contributed by atoms with van der Waals surface area (Å²) in [6.45, 7) is 1.45. The molecule has 0 amide bonds. The molecule has 0 aliphatic carbocycles. The van der Waals surface area contributed by atoms with E-state index < -0.39 is 0 Å². The van der Waals surface area contributed by atoms with Crippen LogP contribution in [0.5, 0.6) is 0 Å². The van der Waals surface area contributed by atoms with Crippen molar-refractivity contribution in [2.24, 2.45) is 7.05 Å². The summed E-state index contributed by atoms with van der Waals surface area (Å²) in [5.41, 5.74) is 1.00. The second-order valence-electron chi connectivity index (χ2n) is 4.43. The molecule has 0 aliphatic heterocycles. The van der Waals surface area contributed by atoms with Gasteiger partial charge in [0, 0.05) is 35.9 Å². The molecule has 0 fully saturated rings. The van der Waals surface area contributed by atoms with Gasteiger partial charge in [-0.05, 0) is 19.1 Å². The molecule has 0 radical (unpaired) electrons. The molecular formula is C14H11N3O2S. The minimum absolute atomic E-state index is 0.121. The number of aromatic nitrogens is 3. The monoisotopic (exact) mass is 285 g/mol. The Kier molecular flexibility index (Phi) is 2.94. The van der Waals surface area contributed by atoms with E-state index in [2.05, 4.69) is 9.97 Å². The lowest BCUT2D eigenvalue weighted by molar-refractivity contribution is 0.101. The third-order valence-electron chi connectivity index (χ3n) is 3.11. The summed E-state index contributed by atoms with van der Waals surface area (Å²) in [6, 6.07) is 3.64. The van der Waals surface area contributed by atoms with Crippen molar-refractivity contribution in [2.75, 3.05) is 0 Å². The summed E-state index contributed by atoms with van der Waals surface area (Å²) in [5, 5.41) is 2.09. The quantitative estimate of drug-likeness (QED) is 0.677. The first-order chi connectivity index (χ1) is 9.59. The van der Waals surface area contributed by atoms with Gasteiger partial charge in [-0.25, -0.2) is 4.98 Å². The molecule has 0 unspecified atom stereocenters. The van der Waals surface area contributed by atoms with Crippen molar-refractivity contribution in [1.29, 1.82) is 0 Å². The number of fused-ring (bicyclic) bond motifs is 1. The van der Waals surface area contributed by atoms with Crippen LogP contribution in [0.2, 0.25) is 0 Å². The van der Waals surface area contributed by atoms with Crippen molar-refractivity contribution in [2.45, 2.75) is 6.92 Å². The van der Waals surface area contributed by atoms with Gasteiger partial charge in [0.2, 0.25) is 0 Å². The number of hydrogen-bond donors (Lipinski definition) is 0. The maximum atomic E-state index is 12.5. The van der Waals surface area contributed by atoms with Crippen molar-refractivity contribution in [3.8, 4) is 11.4 Å². The third-order valence-corrected chi connectivity index (χ3v) is 3.99. The first kappa shape index (κ1) is 12.7. The Hall–Kier alpha value is -2.34. The lowest BCUT2D eigenvalue weighted by Gasteiger charge is -2.07. The average molecular weight is 285 g/mol. The number of pyridine rings is 1. The number of carbonyl (C=O) groups is 1. The average Bonchev–Trinajstić information content (AvgIpc) is 2.88. The zero-order valence-electron chi connectivity index (χ0n) is 11.0. The minimum atomic E-state index is -0.208. The van der Waals surface area contributed by atoms with Crippen LogP contribution in [-0.4, -0.2) is 20.3 Å². The van der Waals surface area contributed by atoms with Crippen LogP contribution in [-0.2, 0) is 7.05 Å². The Morgan fingerprint density at radius 3 is 2.85 bits per heavy atom. The highest BCUT2D eigenvalue weighted by Crippen LogP contribution is 2.24. The molecule has 3 aromatic rings. The summed E-state index contributed by atoms with van der Waals surface area (Å²) in [6.07, 6.45) is 3.33. The first-order valence-electron chi connectivity index (χ1n) is 5.99. The van der Waals surface area contributed by atoms with Crippen molar-refractivity contribution >= 4 is 27.3 Å². The second kappa shape index (κ2) is 4.64. The van der Waals surface area contributed by atoms with E-state index in [0.717, 1.165) is 5.56 Å². The molecule has 5 nitrogen and oxygen atoms in total. The topological polar surface area (TPSA) is 64.8 Å². The van der Waals surface area contributed by atoms with E-state index in [4.69, 9.17) is 0 Å². The van der Waals surface area contributed by atoms with Gasteiger partial charge in [-0.2, -0.15) is 0 Å². The van der Waals surface area contributed by atoms with Gasteiger partial charge in [-0.3, -0.25) is 19.1 Å². The summed E-state index contributed by atoms with van der Waals surface area (Å²) in [7, 11) is 1.65. The molecule has 100 valence electrons. The Bertz CT molecular complexity index is 865. The number of thiophene rings is 1. The number of hydrogen-bond acceptors (Lipinski definition) is 5. The Balaban J connectivity index is 2.37. The van der Waals surface area contributed by atoms with Gasteiger partial charge >= 0.3 is 0 Å². The molecule has 0 saturated heterocycles. The predicted octanol–water partition coefficient (Wildman–Crippen LogP) is 2.26. The van der Waals surface area contributed by atoms with Crippen LogP contribution < -0.4 is 5.56 Å². The van der Waals surface area contributed by atoms with Crippen LogP contribution >= 0.6 is 11.3 Å². The Morgan fingerprint density at radius 2 is 2.20 bits per heavy atom. The maximum Gasteiger partial charge on any atom is 0.263 e. The van der Waals surface area contributed by atoms with Crippen LogP contribution in [0, 0.1) is 0 Å². The lowest BCUT2D eigenvalue weighted by atomic mass is 10.2. The van der Waals surface area contributed by atoms with Crippen molar-refractivity contribution in [3.63, 3.8) is 0 Å². The van der Waals surface area contributed by atoms with Crippen molar-refractivity contribution in [1.82, 2.24) is 14.5 Å². The molecular weight excluding hydrogens is 274 g/mol. The third kappa shape index (κ3) is 1.85. The minimum Gasteiger partial charge on any atom is -0.295 e. The molecule has 3 rings (SSSR count). The van der Waals surface area contributed by atoms with E-state index in [1.165, 1.54) is 22.8 Å². The van der Waals surface area contributed by atoms with Crippen LogP contribution in [0.15, 0.2) is 34.7 Å². The zero-order chi connectivity index (χ0) is 14.3. The van der Waals surface area contributed by atoms with Crippen LogP contribution in [0.4, 0.5) is 0 Å². The fourth-order valence-corrected chi connectivity index (χ4v) is 3.05. The van der Waals surface area contributed by atoms with Gasteiger partial charge in [0.05, 0.1) is 5.39 Å². The molecule has 6 heteroatoms. The molecule has 3 aromatic heterocycles. The summed E-state index contributed by atoms with van der Waals surface area (Å²) >= 11 is 1.31. The zero-order valence-corrected chi connectivity index (χ0v) is 11.8. The normalized spacial score (nSPS) is 10.9. The van der Waals surface area contributed by atoms with E-state index in [1.807, 2.05) is 6.07 Å². The summed E-state index contributed by atoms with van der Waals surface area (Å²) in [5.74, 6) is 0.428. The largest absolute Gasteiger partial charge is 0.295 e. The molecule has 0 spiro atoms. The van der Waals surface area contributed by atoms with Crippen LogP contribution in [0.25, 0.3) is 21.6 Å². The highest BCUT2D eigenvalue weighted by atomic mass is 32.1. The lowest BCUT2D eigenvalue weighted by Crippen LogP contribution is -2.20. The second-order valence-corrected chi connectivity index (χ2v) is 5.29. The van der Waals surface area contributed by atoms with E-state index in [9.17, 15) is 9.59 Å². The van der Waals surface area contributed by atoms with Gasteiger partial charge in [0.25, 0.3) is 5.56 Å². The van der Waals surface area contributed by atoms with Gasteiger partial charge in [0.15, 0.2) is 5.78 Å². The van der Waals surface area contributed by atoms with E-state index >= 15 is 0 Å². The number of Topliss-reactive ketones (excluding diaryl/α,β-unsaturated/α-hetero) is 1. The molecule has 3 heterocycles. The molecule has 0 bridgehead atoms. The highest BCUT2D eigenvalue weighted by Gasteiger charge is 2.17. The first-order valence-corrected chi connectivity index (χ1v) is 6.87. The molecule has 0 atom stereocenters. The van der Waals surface area contributed by atoms with Gasteiger partial charge in [-0.15, -0.1) is 11.3 Å². The van der Waals surface area contributed by atoms with E-state index in [0.29, 0.717) is 21.6 Å². The fourth-order valence-electron chi connectivity index (χ4n) is 2.08. The van der Waals surface area contributed by atoms with Crippen LogP contribution in [0.3, 0.4) is 0 Å². The molecule has 0 N–H and O–H groups in total. The van der Waals surface area contributed by atoms with E-state index in [1.54, 1.807) is 30.9 Å². The fraction of sp³-hybridized carbons (Fsp3) is 0.143. The molecule has 0 saturated carbocycles. The highest BCUT2D eigenvalue weighted by molar-refractivity contribution is 7.17. The van der Waals surface area contributed by atoms with Crippen LogP contribution in [0.1, 0.15) is 17.3 Å². The molecule has 0 aliphatic rings. The summed E-state index contributed by atoms with van der Waals surface area (Å²) in [4.78, 5) is 33.1. The Morgan fingerprint density at radius 1 is 1.40 bits per heavy atom. The number of carbonyl (C=O) groups excluding carboxylic acids is 1. The standard InChI is InChI=1S/C14H11N3O2S/c1-8(18)10-7-20-13-11(10)14(19)17(2)12(16-13)9-4-3-5-15-6-9/h3-7H,1-2H3. The van der Waals surface area contributed by atoms with E-state index in [-0.39, 0.29) is 11.3 Å². The van der Waals surface area contributed by atoms with Gasteiger partial charge < -0.3 is 0 Å². The molecule has 20 heavy (non-hydrogen) atoms. The summed E-state index contributed by atoms with van der Waals surface area (Å²) < 4.78 is 1.46. The van der Waals surface area contributed by atoms with Crippen molar-refractivity contribution in [3.05, 3.63) is 45.8 Å². The SMILES string of the molecule is CC(=O)c1csc2nc(-c3cccnc3)n(C)c(=O)c12. The van der Waals surface area contributed by atoms with Gasteiger partial charge in [0.1, 0.15) is 10.7 Å².